The van der Waals surface area contributed by atoms with E-state index in [1.165, 1.54) is 6.92 Å². The molecule has 0 saturated carbocycles. The van der Waals surface area contributed by atoms with E-state index in [1.54, 1.807) is 4.90 Å². The van der Waals surface area contributed by atoms with Gasteiger partial charge in [-0.2, -0.15) is 0 Å². The number of urea groups is 1. The van der Waals surface area contributed by atoms with E-state index in [2.05, 4.69) is 5.32 Å². The van der Waals surface area contributed by atoms with Crippen LogP contribution in [-0.2, 0) is 4.79 Å². The van der Waals surface area contributed by atoms with Gasteiger partial charge in [-0.25, -0.2) is 4.79 Å². The fraction of sp³-hybridized carbons (Fsp3) is 0.818. The van der Waals surface area contributed by atoms with Gasteiger partial charge >= 0.3 is 12.0 Å². The molecule has 1 atom stereocenters. The molecule has 0 aromatic heterocycles. The minimum Gasteiger partial charge on any atom is -0.480 e. The monoisotopic (exact) mass is 230 g/mol. The number of nitrogens with zero attached hydrogens (tertiary/aromatic N) is 1. The van der Waals surface area contributed by atoms with Gasteiger partial charge in [0.15, 0.2) is 0 Å². The average molecular weight is 230 g/mol. The highest BCUT2D eigenvalue weighted by Gasteiger charge is 2.21. The summed E-state index contributed by atoms with van der Waals surface area (Å²) < 4.78 is 0. The third kappa shape index (κ3) is 5.00. The third-order valence-corrected chi connectivity index (χ3v) is 2.16. The summed E-state index contributed by atoms with van der Waals surface area (Å²) >= 11 is 0. The van der Waals surface area contributed by atoms with Crippen LogP contribution in [-0.4, -0.2) is 40.6 Å². The molecule has 5 heteroatoms. The molecule has 2 amide bonds. The maximum atomic E-state index is 11.8. The smallest absolute Gasteiger partial charge is 0.325 e. The first-order valence-corrected chi connectivity index (χ1v) is 5.55. The first kappa shape index (κ1) is 14.7. The normalized spacial score (nSPS) is 12.7. The molecule has 0 fully saturated rings. The van der Waals surface area contributed by atoms with Gasteiger partial charge in [-0.05, 0) is 26.7 Å². The first-order valence-electron chi connectivity index (χ1n) is 5.55. The van der Waals surface area contributed by atoms with E-state index in [0.29, 0.717) is 12.5 Å². The summed E-state index contributed by atoms with van der Waals surface area (Å²) in [4.78, 5) is 24.0. The van der Waals surface area contributed by atoms with Crippen molar-refractivity contribution < 1.29 is 14.7 Å². The summed E-state index contributed by atoms with van der Waals surface area (Å²) in [5, 5.41) is 11.2. The largest absolute Gasteiger partial charge is 0.480 e. The number of amides is 2. The lowest BCUT2D eigenvalue weighted by atomic mass is 10.2. The van der Waals surface area contributed by atoms with Gasteiger partial charge < -0.3 is 15.3 Å². The molecule has 0 aliphatic carbocycles. The van der Waals surface area contributed by atoms with Gasteiger partial charge in [0, 0.05) is 12.6 Å². The predicted octanol–water partition coefficient (Wildman–Crippen LogP) is 1.54. The van der Waals surface area contributed by atoms with Gasteiger partial charge in [-0.1, -0.05) is 13.8 Å². The first-order chi connectivity index (χ1) is 7.25. The van der Waals surface area contributed by atoms with Crippen molar-refractivity contribution in [1.82, 2.24) is 10.2 Å². The molecule has 0 heterocycles. The molecule has 0 saturated heterocycles. The summed E-state index contributed by atoms with van der Waals surface area (Å²) in [5.41, 5.74) is 0. The highest BCUT2D eigenvalue weighted by molar-refractivity contribution is 5.82. The molecule has 0 radical (unpaired) electrons. The number of carbonyl (C=O) groups excluding carboxylic acids is 1. The summed E-state index contributed by atoms with van der Waals surface area (Å²) in [5.74, 6) is -0.671. The Labute approximate surface area is 96.8 Å². The van der Waals surface area contributed by atoms with E-state index in [4.69, 9.17) is 5.11 Å². The maximum absolute atomic E-state index is 11.8. The van der Waals surface area contributed by atoms with E-state index >= 15 is 0 Å². The average Bonchev–Trinajstić information content (AvgIpc) is 2.12. The van der Waals surface area contributed by atoms with Crippen LogP contribution in [0.15, 0.2) is 0 Å². The Morgan fingerprint density at radius 1 is 1.19 bits per heavy atom. The predicted molar refractivity (Wildman–Crippen MR) is 62.3 cm³/mol. The zero-order valence-electron chi connectivity index (χ0n) is 10.7. The Hall–Kier alpha value is -1.26. The van der Waals surface area contributed by atoms with Crippen LogP contribution >= 0.6 is 0 Å². The summed E-state index contributed by atoms with van der Waals surface area (Å²) in [6.45, 7) is 9.93. The third-order valence-electron chi connectivity index (χ3n) is 2.16. The fourth-order valence-electron chi connectivity index (χ4n) is 1.25. The minimum atomic E-state index is -1.03. The SMILES string of the molecule is CC(C)CN(C(=O)NC(C)C(=O)O)C(C)C. The number of carboxylic acid groups (broad SMARTS) is 1. The molecule has 0 aromatic carbocycles. The number of rotatable bonds is 5. The molecule has 0 spiro atoms. The zero-order chi connectivity index (χ0) is 12.9. The Bertz CT molecular complexity index is 252. The van der Waals surface area contributed by atoms with Gasteiger partial charge in [-0.3, -0.25) is 4.79 Å². The molecule has 0 bridgehead atoms. The van der Waals surface area contributed by atoms with Crippen molar-refractivity contribution in [1.29, 1.82) is 0 Å². The Kier molecular flexibility index (Phi) is 5.85. The number of hydrogen-bond acceptors (Lipinski definition) is 2. The van der Waals surface area contributed by atoms with Gasteiger partial charge in [0.1, 0.15) is 6.04 Å². The van der Waals surface area contributed by atoms with Crippen LogP contribution in [0.5, 0.6) is 0 Å². The van der Waals surface area contributed by atoms with E-state index in [0.717, 1.165) is 0 Å². The van der Waals surface area contributed by atoms with Crippen LogP contribution in [0.1, 0.15) is 34.6 Å². The van der Waals surface area contributed by atoms with Crippen molar-refractivity contribution in [3.63, 3.8) is 0 Å². The number of carboxylic acids is 1. The number of aliphatic carboxylic acids is 1. The number of hydrogen-bond donors (Lipinski definition) is 2. The number of carbonyl (C=O) groups is 2. The molecule has 5 nitrogen and oxygen atoms in total. The second kappa shape index (κ2) is 6.35. The summed E-state index contributed by atoms with van der Waals surface area (Å²) in [7, 11) is 0. The molecular formula is C11H22N2O3. The quantitative estimate of drug-likeness (QED) is 0.752. The molecule has 1 unspecified atom stereocenters. The number of nitrogens with one attached hydrogen (secondary N) is 1. The van der Waals surface area contributed by atoms with Crippen molar-refractivity contribution in [3.8, 4) is 0 Å². The van der Waals surface area contributed by atoms with Crippen LogP contribution in [0.25, 0.3) is 0 Å². The van der Waals surface area contributed by atoms with Crippen molar-refractivity contribution >= 4 is 12.0 Å². The molecule has 2 N–H and O–H groups in total. The standard InChI is InChI=1S/C11H22N2O3/c1-7(2)6-13(8(3)4)11(16)12-9(5)10(14)15/h7-9H,6H2,1-5H3,(H,12,16)(H,14,15). The van der Waals surface area contributed by atoms with Crippen molar-refractivity contribution in [2.75, 3.05) is 6.54 Å². The Morgan fingerprint density at radius 3 is 2.00 bits per heavy atom. The lowest BCUT2D eigenvalue weighted by molar-refractivity contribution is -0.138. The highest BCUT2D eigenvalue weighted by atomic mass is 16.4. The van der Waals surface area contributed by atoms with Crippen molar-refractivity contribution in [3.05, 3.63) is 0 Å². The van der Waals surface area contributed by atoms with E-state index in [-0.39, 0.29) is 12.1 Å². The molecule has 0 aliphatic heterocycles. The molecule has 0 aromatic rings. The Balaban J connectivity index is 4.44. The van der Waals surface area contributed by atoms with Crippen LogP contribution < -0.4 is 5.32 Å². The van der Waals surface area contributed by atoms with Gasteiger partial charge in [-0.15, -0.1) is 0 Å². The van der Waals surface area contributed by atoms with Crippen LogP contribution in [0.4, 0.5) is 4.79 Å². The second-order valence-electron chi connectivity index (χ2n) is 4.65. The molecular weight excluding hydrogens is 208 g/mol. The van der Waals surface area contributed by atoms with Gasteiger partial charge in [0.25, 0.3) is 0 Å². The van der Waals surface area contributed by atoms with Crippen LogP contribution in [0.3, 0.4) is 0 Å². The molecule has 94 valence electrons. The van der Waals surface area contributed by atoms with Crippen molar-refractivity contribution in [2.24, 2.45) is 5.92 Å². The molecule has 16 heavy (non-hydrogen) atoms. The van der Waals surface area contributed by atoms with Gasteiger partial charge in [0.2, 0.25) is 0 Å². The van der Waals surface area contributed by atoms with E-state index < -0.39 is 12.0 Å². The summed E-state index contributed by atoms with van der Waals surface area (Å²) in [6, 6.07) is -1.12. The van der Waals surface area contributed by atoms with E-state index in [1.807, 2.05) is 27.7 Å². The summed E-state index contributed by atoms with van der Waals surface area (Å²) in [6.07, 6.45) is 0. The van der Waals surface area contributed by atoms with Crippen LogP contribution in [0, 0.1) is 5.92 Å². The van der Waals surface area contributed by atoms with Crippen molar-refractivity contribution in [2.45, 2.75) is 46.7 Å². The minimum absolute atomic E-state index is 0.0587. The second-order valence-corrected chi connectivity index (χ2v) is 4.65. The van der Waals surface area contributed by atoms with Crippen LogP contribution in [0.2, 0.25) is 0 Å². The van der Waals surface area contributed by atoms with Gasteiger partial charge in [0.05, 0.1) is 0 Å². The lowest BCUT2D eigenvalue weighted by Crippen LogP contribution is -2.50. The lowest BCUT2D eigenvalue weighted by Gasteiger charge is -2.29. The molecule has 0 aliphatic rings. The van der Waals surface area contributed by atoms with E-state index in [9.17, 15) is 9.59 Å². The maximum Gasteiger partial charge on any atom is 0.325 e. The Morgan fingerprint density at radius 2 is 1.69 bits per heavy atom. The topological polar surface area (TPSA) is 69.6 Å². The zero-order valence-corrected chi connectivity index (χ0v) is 10.7. The highest BCUT2D eigenvalue weighted by Crippen LogP contribution is 2.04. The fourth-order valence-corrected chi connectivity index (χ4v) is 1.25. The molecule has 0 rings (SSSR count).